The fourth-order valence-electron chi connectivity index (χ4n) is 2.35. The minimum absolute atomic E-state index is 0.0915. The maximum absolute atomic E-state index is 11.0. The van der Waals surface area contributed by atoms with Gasteiger partial charge in [-0.05, 0) is 43.0 Å². The van der Waals surface area contributed by atoms with Crippen LogP contribution < -0.4 is 10.1 Å². The molecule has 0 aromatic heterocycles. The van der Waals surface area contributed by atoms with Gasteiger partial charge in [0.15, 0.2) is 0 Å². The lowest BCUT2D eigenvalue weighted by molar-refractivity contribution is -0.137. The van der Waals surface area contributed by atoms with Crippen molar-refractivity contribution in [2.45, 2.75) is 32.7 Å². The van der Waals surface area contributed by atoms with Gasteiger partial charge in [0.1, 0.15) is 5.75 Å². The topological polar surface area (TPSA) is 67.8 Å². The fourth-order valence-corrected chi connectivity index (χ4v) is 2.35. The number of rotatable bonds is 9. The summed E-state index contributed by atoms with van der Waals surface area (Å²) in [6.07, 6.45) is 0.765. The lowest BCUT2D eigenvalue weighted by Gasteiger charge is -2.19. The first kappa shape index (κ1) is 17.5. The summed E-state index contributed by atoms with van der Waals surface area (Å²) in [6.45, 7) is 5.22. The summed E-state index contributed by atoms with van der Waals surface area (Å²) in [7, 11) is 3.28. The predicted octanol–water partition coefficient (Wildman–Crippen LogP) is 1.93. The highest BCUT2D eigenvalue weighted by molar-refractivity contribution is 5.67. The van der Waals surface area contributed by atoms with Crippen LogP contribution in [0.15, 0.2) is 12.1 Å². The third-order valence-corrected chi connectivity index (χ3v) is 3.48. The van der Waals surface area contributed by atoms with Crippen molar-refractivity contribution < 1.29 is 19.4 Å². The summed E-state index contributed by atoms with van der Waals surface area (Å²) in [5.41, 5.74) is 3.31. The van der Waals surface area contributed by atoms with E-state index in [-0.39, 0.29) is 12.5 Å². The number of carbonyl (C=O) groups is 1. The molecule has 0 fully saturated rings. The molecule has 5 heteroatoms. The van der Waals surface area contributed by atoms with Crippen LogP contribution in [-0.2, 0) is 16.0 Å². The van der Waals surface area contributed by atoms with E-state index in [1.165, 1.54) is 0 Å². The van der Waals surface area contributed by atoms with Gasteiger partial charge in [-0.3, -0.25) is 4.79 Å². The maximum Gasteiger partial charge on any atom is 0.304 e. The first-order valence-electron chi connectivity index (χ1n) is 7.06. The van der Waals surface area contributed by atoms with E-state index >= 15 is 0 Å². The minimum Gasteiger partial charge on any atom is -0.496 e. The van der Waals surface area contributed by atoms with Gasteiger partial charge in [-0.2, -0.15) is 0 Å². The zero-order chi connectivity index (χ0) is 15.8. The highest BCUT2D eigenvalue weighted by Gasteiger charge is 2.15. The molecule has 0 radical (unpaired) electrons. The van der Waals surface area contributed by atoms with Gasteiger partial charge in [0, 0.05) is 19.7 Å². The van der Waals surface area contributed by atoms with Gasteiger partial charge < -0.3 is 19.9 Å². The Balaban J connectivity index is 2.81. The summed E-state index contributed by atoms with van der Waals surface area (Å²) in [4.78, 5) is 11.0. The van der Waals surface area contributed by atoms with E-state index in [1.54, 1.807) is 14.2 Å². The zero-order valence-electron chi connectivity index (χ0n) is 13.2. The number of ether oxygens (including phenoxy) is 2. The number of nitrogens with one attached hydrogen (secondary N) is 1. The Morgan fingerprint density at radius 1 is 1.29 bits per heavy atom. The average Bonchev–Trinajstić information content (AvgIpc) is 2.42. The maximum atomic E-state index is 11.0. The van der Waals surface area contributed by atoms with Crippen LogP contribution in [0, 0.1) is 13.8 Å². The highest BCUT2D eigenvalue weighted by Crippen LogP contribution is 2.23. The molecule has 0 spiro atoms. The smallest absolute Gasteiger partial charge is 0.304 e. The standard InChI is InChI=1S/C16H25NO4/c1-11-8-15(21-4)12(2)7-13(11)9-14(10-16(18)19)17-5-6-20-3/h7-8,14,17H,5-6,9-10H2,1-4H3,(H,18,19). The van der Waals surface area contributed by atoms with Crippen LogP contribution in [0.25, 0.3) is 0 Å². The highest BCUT2D eigenvalue weighted by atomic mass is 16.5. The van der Waals surface area contributed by atoms with Crippen LogP contribution in [-0.4, -0.2) is 44.5 Å². The van der Waals surface area contributed by atoms with Crippen molar-refractivity contribution in [3.05, 3.63) is 28.8 Å². The number of carboxylic acids is 1. The van der Waals surface area contributed by atoms with E-state index in [0.29, 0.717) is 19.6 Å². The quantitative estimate of drug-likeness (QED) is 0.681. The van der Waals surface area contributed by atoms with Crippen molar-refractivity contribution in [1.82, 2.24) is 5.32 Å². The van der Waals surface area contributed by atoms with Gasteiger partial charge in [-0.1, -0.05) is 6.07 Å². The van der Waals surface area contributed by atoms with Crippen molar-refractivity contribution in [3.8, 4) is 5.75 Å². The first-order valence-corrected chi connectivity index (χ1v) is 7.06. The molecular weight excluding hydrogens is 270 g/mol. The van der Waals surface area contributed by atoms with Gasteiger partial charge >= 0.3 is 5.97 Å². The van der Waals surface area contributed by atoms with Crippen molar-refractivity contribution in [1.29, 1.82) is 0 Å². The molecule has 2 N–H and O–H groups in total. The van der Waals surface area contributed by atoms with E-state index in [1.807, 2.05) is 19.9 Å². The van der Waals surface area contributed by atoms with E-state index in [2.05, 4.69) is 11.4 Å². The third-order valence-electron chi connectivity index (χ3n) is 3.48. The number of hydrogen-bond donors (Lipinski definition) is 2. The normalized spacial score (nSPS) is 12.2. The largest absolute Gasteiger partial charge is 0.496 e. The fraction of sp³-hybridized carbons (Fsp3) is 0.562. The molecule has 0 aliphatic carbocycles. The van der Waals surface area contributed by atoms with Gasteiger partial charge in [0.25, 0.3) is 0 Å². The van der Waals surface area contributed by atoms with Crippen LogP contribution >= 0.6 is 0 Å². The Kier molecular flexibility index (Phi) is 7.19. The van der Waals surface area contributed by atoms with E-state index < -0.39 is 5.97 Å². The van der Waals surface area contributed by atoms with Crippen LogP contribution in [0.2, 0.25) is 0 Å². The lowest BCUT2D eigenvalue weighted by Crippen LogP contribution is -2.35. The Hall–Kier alpha value is -1.59. The molecule has 5 nitrogen and oxygen atoms in total. The minimum atomic E-state index is -0.798. The molecule has 118 valence electrons. The van der Waals surface area contributed by atoms with Gasteiger partial charge in [-0.15, -0.1) is 0 Å². The summed E-state index contributed by atoms with van der Waals surface area (Å²) < 4.78 is 10.3. The SMILES string of the molecule is COCCNC(CC(=O)O)Cc1cc(C)c(OC)cc1C. The molecule has 1 aromatic rings. The zero-order valence-corrected chi connectivity index (χ0v) is 13.2. The molecule has 1 aromatic carbocycles. The summed E-state index contributed by atoms with van der Waals surface area (Å²) >= 11 is 0. The van der Waals surface area contributed by atoms with Crippen molar-refractivity contribution in [2.75, 3.05) is 27.4 Å². The average molecular weight is 295 g/mol. The van der Waals surface area contributed by atoms with Crippen LogP contribution in [0.4, 0.5) is 0 Å². The van der Waals surface area contributed by atoms with Crippen LogP contribution in [0.3, 0.4) is 0 Å². The van der Waals surface area contributed by atoms with Crippen LogP contribution in [0.1, 0.15) is 23.1 Å². The van der Waals surface area contributed by atoms with Crippen molar-refractivity contribution >= 4 is 5.97 Å². The number of aliphatic carboxylic acids is 1. The van der Waals surface area contributed by atoms with Gasteiger partial charge in [-0.25, -0.2) is 0 Å². The second-order valence-electron chi connectivity index (χ2n) is 5.19. The summed E-state index contributed by atoms with van der Waals surface area (Å²) in [5, 5.41) is 12.3. The molecule has 0 bridgehead atoms. The molecule has 0 aliphatic heterocycles. The molecule has 0 saturated heterocycles. The molecular formula is C16H25NO4. The number of methoxy groups -OCH3 is 2. The Bertz CT molecular complexity index is 474. The number of benzene rings is 1. The molecule has 0 saturated carbocycles. The molecule has 0 heterocycles. The van der Waals surface area contributed by atoms with Gasteiger partial charge in [0.2, 0.25) is 0 Å². The van der Waals surface area contributed by atoms with Gasteiger partial charge in [0.05, 0.1) is 20.1 Å². The molecule has 0 amide bonds. The molecule has 1 unspecified atom stereocenters. The number of aryl methyl sites for hydroxylation is 2. The second kappa shape index (κ2) is 8.64. The van der Waals surface area contributed by atoms with E-state index in [0.717, 1.165) is 22.4 Å². The Labute approximate surface area is 126 Å². The number of hydrogen-bond acceptors (Lipinski definition) is 4. The summed E-state index contributed by atoms with van der Waals surface area (Å²) in [5.74, 6) is 0.0613. The van der Waals surface area contributed by atoms with Crippen molar-refractivity contribution in [3.63, 3.8) is 0 Å². The summed E-state index contributed by atoms with van der Waals surface area (Å²) in [6, 6.07) is 3.96. The molecule has 21 heavy (non-hydrogen) atoms. The van der Waals surface area contributed by atoms with Crippen molar-refractivity contribution in [2.24, 2.45) is 0 Å². The van der Waals surface area contributed by atoms with Crippen LogP contribution in [0.5, 0.6) is 5.75 Å². The Morgan fingerprint density at radius 2 is 2.00 bits per heavy atom. The van der Waals surface area contributed by atoms with E-state index in [9.17, 15) is 4.79 Å². The monoisotopic (exact) mass is 295 g/mol. The Morgan fingerprint density at radius 3 is 2.57 bits per heavy atom. The molecule has 1 atom stereocenters. The predicted molar refractivity (Wildman–Crippen MR) is 82.1 cm³/mol. The van der Waals surface area contributed by atoms with E-state index in [4.69, 9.17) is 14.6 Å². The number of carboxylic acid groups (broad SMARTS) is 1. The third kappa shape index (κ3) is 5.73. The first-order chi connectivity index (χ1) is 9.97. The second-order valence-corrected chi connectivity index (χ2v) is 5.19. The molecule has 1 rings (SSSR count). The lowest BCUT2D eigenvalue weighted by atomic mass is 9.97. The molecule has 0 aliphatic rings.